The molecular formula is C25H26ClN5O3. The molecule has 1 fully saturated rings. The maximum atomic E-state index is 13.6. The third-order valence-corrected chi connectivity index (χ3v) is 6.70. The summed E-state index contributed by atoms with van der Waals surface area (Å²) in [6.07, 6.45) is 1.57. The van der Waals surface area contributed by atoms with Crippen LogP contribution in [-0.4, -0.2) is 46.6 Å². The van der Waals surface area contributed by atoms with E-state index in [1.807, 2.05) is 54.3 Å². The van der Waals surface area contributed by atoms with Crippen molar-refractivity contribution in [3.8, 4) is 0 Å². The number of anilines is 1. The number of oxazole rings is 1. The van der Waals surface area contributed by atoms with Crippen molar-refractivity contribution in [1.82, 2.24) is 15.2 Å². The molecule has 176 valence electrons. The summed E-state index contributed by atoms with van der Waals surface area (Å²) in [7, 11) is 0. The summed E-state index contributed by atoms with van der Waals surface area (Å²) >= 11 is 6.54. The minimum absolute atomic E-state index is 0.0732. The predicted octanol–water partition coefficient (Wildman–Crippen LogP) is 4.10. The maximum Gasteiger partial charge on any atom is 0.302 e. The normalized spacial score (nSPS) is 19.2. The molecule has 2 aliphatic rings. The number of aliphatic hydroxyl groups is 1. The fourth-order valence-electron chi connectivity index (χ4n) is 4.45. The van der Waals surface area contributed by atoms with Crippen LogP contribution in [0.2, 0.25) is 5.02 Å². The van der Waals surface area contributed by atoms with Crippen molar-refractivity contribution < 1.29 is 14.3 Å². The van der Waals surface area contributed by atoms with E-state index < -0.39 is 6.04 Å². The van der Waals surface area contributed by atoms with E-state index in [0.717, 1.165) is 23.9 Å². The molecule has 3 aromatic rings. The molecule has 3 N–H and O–H groups in total. The topological polar surface area (TPSA) is 103 Å². The van der Waals surface area contributed by atoms with Crippen LogP contribution in [0, 0.1) is 5.92 Å². The van der Waals surface area contributed by atoms with E-state index in [9.17, 15) is 9.90 Å². The Balaban J connectivity index is 1.46. The van der Waals surface area contributed by atoms with Crippen LogP contribution in [-0.2, 0) is 4.79 Å². The smallest absolute Gasteiger partial charge is 0.302 e. The Hall–Kier alpha value is -3.36. The summed E-state index contributed by atoms with van der Waals surface area (Å²) in [6.45, 7) is 3.23. The minimum atomic E-state index is -0.593. The predicted molar refractivity (Wildman–Crippen MR) is 131 cm³/mol. The van der Waals surface area contributed by atoms with Crippen LogP contribution in [0.4, 0.5) is 6.01 Å². The number of carbonyl (C=O) groups is 1. The average molecular weight is 480 g/mol. The lowest BCUT2D eigenvalue weighted by atomic mass is 9.93. The number of benzene rings is 2. The van der Waals surface area contributed by atoms with Crippen LogP contribution in [0.25, 0.3) is 11.1 Å². The number of allylic oxidation sites excluding steroid dienone is 1. The standard InChI is InChI=1S/C25H26ClN5O3/c1-15-21(23(33)31-12-10-16(14-32)11-13-31)22(17-6-2-3-7-18(17)26)29-24(27-15)30-25-28-19-8-4-5-9-20(19)34-25/h2-9,16,22,32H,10-14H2,1H3,(H2,27,28,29,30). The zero-order valence-electron chi connectivity index (χ0n) is 18.8. The molecule has 1 amide bonds. The number of hydrogen-bond acceptors (Lipinski definition) is 7. The summed E-state index contributed by atoms with van der Waals surface area (Å²) in [5.41, 5.74) is 3.39. The van der Waals surface area contributed by atoms with Crippen LogP contribution in [0.3, 0.4) is 0 Å². The Morgan fingerprint density at radius 3 is 2.68 bits per heavy atom. The van der Waals surface area contributed by atoms with Crippen LogP contribution >= 0.6 is 11.6 Å². The first-order chi connectivity index (χ1) is 16.5. The van der Waals surface area contributed by atoms with E-state index >= 15 is 0 Å². The van der Waals surface area contributed by atoms with Gasteiger partial charge in [0.2, 0.25) is 5.96 Å². The lowest BCUT2D eigenvalue weighted by Gasteiger charge is -2.34. The Bertz CT molecular complexity index is 1240. The quantitative estimate of drug-likeness (QED) is 0.520. The molecule has 5 rings (SSSR count). The van der Waals surface area contributed by atoms with Crippen molar-refractivity contribution >= 4 is 40.6 Å². The lowest BCUT2D eigenvalue weighted by Crippen LogP contribution is -2.44. The van der Waals surface area contributed by atoms with Crippen molar-refractivity contribution in [1.29, 1.82) is 0 Å². The Morgan fingerprint density at radius 1 is 1.21 bits per heavy atom. The summed E-state index contributed by atoms with van der Waals surface area (Å²) in [4.78, 5) is 24.8. The Kier molecular flexibility index (Phi) is 6.26. The van der Waals surface area contributed by atoms with Gasteiger partial charge in [-0.25, -0.2) is 4.99 Å². The number of nitrogens with zero attached hydrogens (tertiary/aromatic N) is 3. The lowest BCUT2D eigenvalue weighted by molar-refractivity contribution is -0.129. The van der Waals surface area contributed by atoms with Crippen LogP contribution in [0.5, 0.6) is 0 Å². The van der Waals surface area contributed by atoms with Crippen molar-refractivity contribution in [2.45, 2.75) is 25.8 Å². The number of aliphatic imine (C=N–C) groups is 1. The molecule has 1 unspecified atom stereocenters. The Labute approximate surface area is 202 Å². The van der Waals surface area contributed by atoms with Gasteiger partial charge in [-0.05, 0) is 43.9 Å². The molecule has 8 nitrogen and oxygen atoms in total. The second kappa shape index (κ2) is 9.48. The molecule has 2 aliphatic heterocycles. The van der Waals surface area contributed by atoms with Gasteiger partial charge in [0.1, 0.15) is 11.6 Å². The largest absolute Gasteiger partial charge is 0.423 e. The van der Waals surface area contributed by atoms with Crippen LogP contribution in [0.15, 0.2) is 69.2 Å². The van der Waals surface area contributed by atoms with Gasteiger partial charge >= 0.3 is 6.01 Å². The highest BCUT2D eigenvalue weighted by Gasteiger charge is 2.34. The number of halogens is 1. The zero-order valence-corrected chi connectivity index (χ0v) is 19.5. The van der Waals surface area contributed by atoms with Crippen LogP contribution in [0.1, 0.15) is 31.4 Å². The molecule has 0 bridgehead atoms. The number of guanidine groups is 1. The number of rotatable bonds is 4. The number of carbonyl (C=O) groups excluding carboxylic acids is 1. The second-order valence-electron chi connectivity index (χ2n) is 8.60. The first kappa shape index (κ1) is 22.4. The SMILES string of the molecule is CC1=C(C(=O)N2CCC(CO)CC2)C(c2ccccc2Cl)N=C(Nc2nc3ccccc3o2)N1. The number of aliphatic hydroxyl groups excluding tert-OH is 1. The van der Waals surface area contributed by atoms with Gasteiger partial charge in [-0.3, -0.25) is 10.1 Å². The fraction of sp³-hybridized carbons (Fsp3) is 0.320. The number of nitrogens with one attached hydrogen (secondary N) is 2. The molecule has 0 saturated carbocycles. The maximum absolute atomic E-state index is 13.6. The van der Waals surface area contributed by atoms with Gasteiger partial charge in [-0.1, -0.05) is 41.9 Å². The number of aromatic nitrogens is 1. The molecule has 1 atom stereocenters. The molecule has 0 spiro atoms. The van der Waals surface area contributed by atoms with Crippen LogP contribution < -0.4 is 10.6 Å². The summed E-state index contributed by atoms with van der Waals surface area (Å²) in [6, 6.07) is 14.6. The Morgan fingerprint density at radius 2 is 1.94 bits per heavy atom. The van der Waals surface area contributed by atoms with Gasteiger partial charge < -0.3 is 19.7 Å². The van der Waals surface area contributed by atoms with E-state index in [1.165, 1.54) is 0 Å². The number of amides is 1. The van der Waals surface area contributed by atoms with E-state index in [4.69, 9.17) is 21.0 Å². The molecule has 0 aliphatic carbocycles. The average Bonchev–Trinajstić information content (AvgIpc) is 3.26. The second-order valence-corrected chi connectivity index (χ2v) is 9.00. The van der Waals surface area contributed by atoms with Crippen molar-refractivity contribution in [2.75, 3.05) is 25.0 Å². The highest BCUT2D eigenvalue weighted by Crippen LogP contribution is 2.36. The molecular weight excluding hydrogens is 454 g/mol. The monoisotopic (exact) mass is 479 g/mol. The molecule has 2 aromatic carbocycles. The van der Waals surface area contributed by atoms with Gasteiger partial charge in [0.05, 0.1) is 5.57 Å². The summed E-state index contributed by atoms with van der Waals surface area (Å²) < 4.78 is 5.78. The number of fused-ring (bicyclic) bond motifs is 1. The van der Waals surface area contributed by atoms with Crippen molar-refractivity contribution in [3.63, 3.8) is 0 Å². The molecule has 3 heterocycles. The highest BCUT2D eigenvalue weighted by molar-refractivity contribution is 6.31. The van der Waals surface area contributed by atoms with E-state index in [1.54, 1.807) is 6.07 Å². The number of para-hydroxylation sites is 2. The fourth-order valence-corrected chi connectivity index (χ4v) is 4.69. The summed E-state index contributed by atoms with van der Waals surface area (Å²) in [5.74, 6) is 0.591. The summed E-state index contributed by atoms with van der Waals surface area (Å²) in [5, 5.41) is 16.3. The number of piperidine rings is 1. The highest BCUT2D eigenvalue weighted by atomic mass is 35.5. The number of hydrogen-bond donors (Lipinski definition) is 3. The third-order valence-electron chi connectivity index (χ3n) is 6.35. The minimum Gasteiger partial charge on any atom is -0.423 e. The molecule has 1 saturated heterocycles. The van der Waals surface area contributed by atoms with E-state index in [0.29, 0.717) is 46.9 Å². The molecule has 1 aromatic heterocycles. The van der Waals surface area contributed by atoms with Gasteiger partial charge in [-0.2, -0.15) is 4.98 Å². The van der Waals surface area contributed by atoms with Gasteiger partial charge in [0, 0.05) is 36.0 Å². The van der Waals surface area contributed by atoms with E-state index in [2.05, 4.69) is 15.6 Å². The first-order valence-electron chi connectivity index (χ1n) is 11.4. The van der Waals surface area contributed by atoms with Gasteiger partial charge in [-0.15, -0.1) is 0 Å². The number of likely N-dealkylation sites (tertiary alicyclic amines) is 1. The van der Waals surface area contributed by atoms with Gasteiger partial charge in [0.15, 0.2) is 5.58 Å². The van der Waals surface area contributed by atoms with Crippen molar-refractivity contribution in [2.24, 2.45) is 10.9 Å². The first-order valence-corrected chi connectivity index (χ1v) is 11.7. The van der Waals surface area contributed by atoms with Crippen molar-refractivity contribution in [3.05, 3.63) is 70.4 Å². The molecule has 34 heavy (non-hydrogen) atoms. The molecule has 9 heteroatoms. The molecule has 0 radical (unpaired) electrons. The third kappa shape index (κ3) is 4.38. The van der Waals surface area contributed by atoms with E-state index in [-0.39, 0.29) is 18.4 Å². The van der Waals surface area contributed by atoms with Gasteiger partial charge in [0.25, 0.3) is 5.91 Å². The zero-order chi connectivity index (χ0) is 23.7.